The molecule has 88 valence electrons. The van der Waals surface area contributed by atoms with Gasteiger partial charge in [-0.05, 0) is 30.7 Å². The highest BCUT2D eigenvalue weighted by molar-refractivity contribution is 5.91. The Bertz CT molecular complexity index is 570. The van der Waals surface area contributed by atoms with Crippen molar-refractivity contribution in [1.29, 1.82) is 0 Å². The maximum absolute atomic E-state index is 12.2. The van der Waals surface area contributed by atoms with Gasteiger partial charge in [0.15, 0.2) is 5.75 Å². The third-order valence-corrected chi connectivity index (χ3v) is 2.26. The fourth-order valence-corrected chi connectivity index (χ4v) is 1.60. The van der Waals surface area contributed by atoms with Crippen molar-refractivity contribution in [2.24, 2.45) is 0 Å². The molecule has 0 spiro atoms. The lowest BCUT2D eigenvalue weighted by molar-refractivity contribution is -0.0489. The van der Waals surface area contributed by atoms with E-state index in [-0.39, 0.29) is 11.3 Å². The predicted molar refractivity (Wildman–Crippen MR) is 58.5 cm³/mol. The molecule has 0 radical (unpaired) electrons. The highest BCUT2D eigenvalue weighted by Gasteiger charge is 2.11. The molecule has 17 heavy (non-hydrogen) atoms. The summed E-state index contributed by atoms with van der Waals surface area (Å²) in [5.41, 5.74) is 1.48. The Hall–Kier alpha value is -2.04. The summed E-state index contributed by atoms with van der Waals surface area (Å²) >= 11 is 0. The van der Waals surface area contributed by atoms with Crippen LogP contribution in [0.3, 0.4) is 0 Å². The van der Waals surface area contributed by atoms with E-state index in [1.807, 2.05) is 6.92 Å². The number of carbonyl (C=O) groups excluding carboxylic acids is 1. The maximum atomic E-state index is 12.2. The highest BCUT2D eigenvalue weighted by Crippen LogP contribution is 2.27. The van der Waals surface area contributed by atoms with Crippen LogP contribution in [-0.2, 0) is 0 Å². The van der Waals surface area contributed by atoms with Gasteiger partial charge in [0.05, 0.1) is 0 Å². The Labute approximate surface area is 96.0 Å². The number of pyridine rings is 1. The van der Waals surface area contributed by atoms with Gasteiger partial charge in [-0.3, -0.25) is 9.78 Å². The molecule has 1 aromatic heterocycles. The van der Waals surface area contributed by atoms with Crippen LogP contribution >= 0.6 is 0 Å². The minimum absolute atomic E-state index is 0.0837. The smallest absolute Gasteiger partial charge is 0.387 e. The first-order chi connectivity index (χ1) is 8.10. The second kappa shape index (κ2) is 4.45. The molecule has 1 aromatic carbocycles. The number of ether oxygens (including phenoxy) is 1. The molecule has 0 aliphatic rings. The number of nitrogens with zero attached hydrogens (tertiary/aromatic N) is 1. The Morgan fingerprint density at radius 1 is 1.35 bits per heavy atom. The normalized spacial score (nSPS) is 10.8. The molecule has 0 N–H and O–H groups in total. The number of carbonyl (C=O) groups is 1. The molecule has 0 bridgehead atoms. The van der Waals surface area contributed by atoms with Crippen LogP contribution in [0, 0.1) is 6.92 Å². The molecule has 0 unspecified atom stereocenters. The van der Waals surface area contributed by atoms with E-state index in [0.29, 0.717) is 17.2 Å². The lowest BCUT2D eigenvalue weighted by Gasteiger charge is -2.08. The lowest BCUT2D eigenvalue weighted by Crippen LogP contribution is -2.03. The Kier molecular flexibility index (Phi) is 2.99. The maximum Gasteiger partial charge on any atom is 0.387 e. The van der Waals surface area contributed by atoms with Crippen molar-refractivity contribution in [3.63, 3.8) is 0 Å². The monoisotopic (exact) mass is 237 g/mol. The molecule has 2 rings (SSSR count). The van der Waals surface area contributed by atoms with Gasteiger partial charge in [-0.15, -0.1) is 0 Å². The Morgan fingerprint density at radius 2 is 2.12 bits per heavy atom. The van der Waals surface area contributed by atoms with Crippen LogP contribution in [0.2, 0.25) is 0 Å². The van der Waals surface area contributed by atoms with Gasteiger partial charge in [0.25, 0.3) is 0 Å². The number of alkyl halides is 2. The molecule has 2 aromatic rings. The molecule has 0 aliphatic carbocycles. The third-order valence-electron chi connectivity index (χ3n) is 2.26. The SMILES string of the molecule is Cc1cnc2c(OC(F)F)cc(C=O)cc2c1. The van der Waals surface area contributed by atoms with Crippen LogP contribution in [0.1, 0.15) is 15.9 Å². The van der Waals surface area contributed by atoms with Crippen molar-refractivity contribution in [2.75, 3.05) is 0 Å². The number of fused-ring (bicyclic) bond motifs is 1. The van der Waals surface area contributed by atoms with Crippen LogP contribution in [-0.4, -0.2) is 17.9 Å². The number of halogens is 2. The minimum atomic E-state index is -2.94. The van der Waals surface area contributed by atoms with Gasteiger partial charge in [-0.25, -0.2) is 0 Å². The van der Waals surface area contributed by atoms with Crippen LogP contribution in [0.4, 0.5) is 8.78 Å². The van der Waals surface area contributed by atoms with Crippen molar-refractivity contribution in [2.45, 2.75) is 13.5 Å². The van der Waals surface area contributed by atoms with E-state index in [4.69, 9.17) is 0 Å². The molecule has 1 heterocycles. The summed E-state index contributed by atoms with van der Waals surface area (Å²) in [5, 5.41) is 0.602. The van der Waals surface area contributed by atoms with Gasteiger partial charge in [0.1, 0.15) is 11.8 Å². The van der Waals surface area contributed by atoms with E-state index in [1.165, 1.54) is 6.07 Å². The van der Waals surface area contributed by atoms with Crippen LogP contribution in [0.25, 0.3) is 10.9 Å². The van der Waals surface area contributed by atoms with Gasteiger partial charge in [0.2, 0.25) is 0 Å². The van der Waals surface area contributed by atoms with E-state index < -0.39 is 6.61 Å². The third kappa shape index (κ3) is 2.38. The molecule has 0 amide bonds. The van der Waals surface area contributed by atoms with Crippen molar-refractivity contribution >= 4 is 17.2 Å². The average Bonchev–Trinajstić information content (AvgIpc) is 2.27. The molecule has 0 atom stereocenters. The number of hydrogen-bond donors (Lipinski definition) is 0. The van der Waals surface area contributed by atoms with E-state index in [0.717, 1.165) is 5.56 Å². The molecular weight excluding hydrogens is 228 g/mol. The topological polar surface area (TPSA) is 39.2 Å². The highest BCUT2D eigenvalue weighted by atomic mass is 19.3. The average molecular weight is 237 g/mol. The summed E-state index contributed by atoms with van der Waals surface area (Å²) in [4.78, 5) is 14.7. The fourth-order valence-electron chi connectivity index (χ4n) is 1.60. The number of hydrogen-bond acceptors (Lipinski definition) is 3. The van der Waals surface area contributed by atoms with Gasteiger partial charge in [-0.1, -0.05) is 0 Å². The van der Waals surface area contributed by atoms with E-state index in [2.05, 4.69) is 9.72 Å². The summed E-state index contributed by atoms with van der Waals surface area (Å²) in [6.07, 6.45) is 2.14. The quantitative estimate of drug-likeness (QED) is 0.770. The minimum Gasteiger partial charge on any atom is -0.432 e. The zero-order chi connectivity index (χ0) is 12.4. The number of rotatable bonds is 3. The summed E-state index contributed by atoms with van der Waals surface area (Å²) in [6, 6.07) is 4.60. The molecule has 3 nitrogen and oxygen atoms in total. The predicted octanol–water partition coefficient (Wildman–Crippen LogP) is 2.96. The van der Waals surface area contributed by atoms with Gasteiger partial charge < -0.3 is 4.74 Å². The largest absolute Gasteiger partial charge is 0.432 e. The number of aldehydes is 1. The zero-order valence-electron chi connectivity index (χ0n) is 8.98. The van der Waals surface area contributed by atoms with Crippen LogP contribution in [0.5, 0.6) is 5.75 Å². The summed E-state index contributed by atoms with van der Waals surface area (Å²) in [5.74, 6) is -0.0837. The molecule has 0 saturated carbocycles. The van der Waals surface area contributed by atoms with Crippen LogP contribution in [0.15, 0.2) is 24.4 Å². The molecular formula is C12H9F2NO2. The first-order valence-corrected chi connectivity index (χ1v) is 4.90. The van der Waals surface area contributed by atoms with Gasteiger partial charge >= 0.3 is 6.61 Å². The first kappa shape index (κ1) is 11.4. The Balaban J connectivity index is 2.66. The van der Waals surface area contributed by atoms with Crippen molar-refractivity contribution in [1.82, 2.24) is 4.98 Å². The second-order valence-electron chi connectivity index (χ2n) is 3.60. The number of aromatic nitrogens is 1. The van der Waals surface area contributed by atoms with Crippen molar-refractivity contribution < 1.29 is 18.3 Å². The Morgan fingerprint density at radius 3 is 2.76 bits per heavy atom. The number of aryl methyl sites for hydroxylation is 1. The zero-order valence-corrected chi connectivity index (χ0v) is 8.98. The fraction of sp³-hybridized carbons (Fsp3) is 0.167. The van der Waals surface area contributed by atoms with E-state index in [9.17, 15) is 13.6 Å². The van der Waals surface area contributed by atoms with E-state index in [1.54, 1.807) is 18.3 Å². The summed E-state index contributed by atoms with van der Waals surface area (Å²) in [6.45, 7) is -1.11. The van der Waals surface area contributed by atoms with Gasteiger partial charge in [-0.2, -0.15) is 8.78 Å². The standard InChI is InChI=1S/C12H9F2NO2/c1-7-2-9-3-8(6-16)4-10(17-12(13)14)11(9)15-5-7/h2-6,12H,1H3. The molecule has 0 aliphatic heterocycles. The molecule has 5 heteroatoms. The lowest BCUT2D eigenvalue weighted by atomic mass is 10.1. The number of benzene rings is 1. The van der Waals surface area contributed by atoms with Crippen molar-refractivity contribution in [3.05, 3.63) is 35.5 Å². The van der Waals surface area contributed by atoms with E-state index >= 15 is 0 Å². The van der Waals surface area contributed by atoms with Crippen LogP contribution < -0.4 is 4.74 Å². The van der Waals surface area contributed by atoms with Crippen molar-refractivity contribution in [3.8, 4) is 5.75 Å². The molecule has 0 saturated heterocycles. The second-order valence-corrected chi connectivity index (χ2v) is 3.60. The molecule has 0 fully saturated rings. The summed E-state index contributed by atoms with van der Waals surface area (Å²) in [7, 11) is 0. The van der Waals surface area contributed by atoms with Gasteiger partial charge in [0, 0.05) is 17.1 Å². The first-order valence-electron chi connectivity index (χ1n) is 4.90. The summed E-state index contributed by atoms with van der Waals surface area (Å²) < 4.78 is 28.8.